The Labute approximate surface area is 94.4 Å². The van der Waals surface area contributed by atoms with Crippen LogP contribution in [-0.2, 0) is 4.79 Å². The number of rotatable bonds is 5. The van der Waals surface area contributed by atoms with E-state index >= 15 is 0 Å². The average Bonchev–Trinajstić information content (AvgIpc) is 2.27. The molecule has 5 heteroatoms. The van der Waals surface area contributed by atoms with Crippen molar-refractivity contribution in [1.82, 2.24) is 5.32 Å². The van der Waals surface area contributed by atoms with E-state index in [2.05, 4.69) is 5.32 Å². The number of carbonyl (C=O) groups is 1. The van der Waals surface area contributed by atoms with Crippen molar-refractivity contribution in [2.24, 2.45) is 0 Å². The van der Waals surface area contributed by atoms with Crippen molar-refractivity contribution in [2.75, 3.05) is 18.1 Å². The molecule has 0 amide bonds. The predicted octanol–water partition coefficient (Wildman–Crippen LogP) is 0.697. The van der Waals surface area contributed by atoms with Crippen molar-refractivity contribution in [3.63, 3.8) is 0 Å². The van der Waals surface area contributed by atoms with E-state index in [4.69, 9.17) is 5.11 Å². The average molecular weight is 233 g/mol. The lowest BCUT2D eigenvalue weighted by Crippen LogP contribution is -2.59. The molecule has 1 rings (SSSR count). The molecule has 1 heterocycles. The smallest absolute Gasteiger partial charge is 0.324 e. The Morgan fingerprint density at radius 3 is 2.80 bits per heavy atom. The second kappa shape index (κ2) is 5.72. The lowest BCUT2D eigenvalue weighted by molar-refractivity contribution is -0.144. The summed E-state index contributed by atoms with van der Waals surface area (Å²) in [5.41, 5.74) is -0.827. The Hall–Kier alpha value is -0.260. The Kier molecular flexibility index (Phi) is 4.89. The highest BCUT2D eigenvalue weighted by atomic mass is 32.2. The lowest BCUT2D eigenvalue weighted by Gasteiger charge is -2.36. The van der Waals surface area contributed by atoms with Crippen LogP contribution in [0.1, 0.15) is 26.2 Å². The molecule has 1 fully saturated rings. The maximum atomic E-state index is 11.3. The summed E-state index contributed by atoms with van der Waals surface area (Å²) in [5, 5.41) is 21.5. The molecule has 2 atom stereocenters. The molecule has 0 aromatic heterocycles. The number of hydrogen-bond donors (Lipinski definition) is 3. The zero-order chi connectivity index (χ0) is 11.3. The van der Waals surface area contributed by atoms with E-state index in [0.29, 0.717) is 12.2 Å². The lowest BCUT2D eigenvalue weighted by atomic mass is 9.94. The fraction of sp³-hybridized carbons (Fsp3) is 0.900. The number of carboxylic acids is 1. The first kappa shape index (κ1) is 12.8. The summed E-state index contributed by atoms with van der Waals surface area (Å²) < 4.78 is 0. The molecule has 4 nitrogen and oxygen atoms in total. The zero-order valence-electron chi connectivity index (χ0n) is 9.03. The van der Waals surface area contributed by atoms with E-state index in [-0.39, 0.29) is 12.6 Å². The maximum Gasteiger partial charge on any atom is 0.324 e. The van der Waals surface area contributed by atoms with Crippen molar-refractivity contribution < 1.29 is 15.0 Å². The van der Waals surface area contributed by atoms with Gasteiger partial charge in [0.15, 0.2) is 0 Å². The molecule has 0 aromatic rings. The largest absolute Gasteiger partial charge is 0.480 e. The molecule has 0 bridgehead atoms. The molecule has 0 spiro atoms. The van der Waals surface area contributed by atoms with Gasteiger partial charge >= 0.3 is 5.97 Å². The maximum absolute atomic E-state index is 11.3. The van der Waals surface area contributed by atoms with Crippen LogP contribution in [-0.4, -0.2) is 45.9 Å². The van der Waals surface area contributed by atoms with Crippen LogP contribution in [0, 0.1) is 0 Å². The molecule has 0 radical (unpaired) electrons. The number of aliphatic hydroxyl groups excluding tert-OH is 1. The quantitative estimate of drug-likeness (QED) is 0.652. The van der Waals surface area contributed by atoms with E-state index in [1.807, 2.05) is 6.92 Å². The highest BCUT2D eigenvalue weighted by molar-refractivity contribution is 7.99. The molecule has 15 heavy (non-hydrogen) atoms. The van der Waals surface area contributed by atoms with E-state index in [0.717, 1.165) is 18.6 Å². The normalized spacial score (nSPS) is 28.7. The Morgan fingerprint density at radius 2 is 2.40 bits per heavy atom. The van der Waals surface area contributed by atoms with Crippen molar-refractivity contribution >= 4 is 17.7 Å². The third-order valence-corrected chi connectivity index (χ3v) is 4.12. The topological polar surface area (TPSA) is 69.6 Å². The summed E-state index contributed by atoms with van der Waals surface area (Å²) in [4.78, 5) is 11.3. The number of nitrogens with one attached hydrogen (secondary N) is 1. The molecular formula is C10H19NO3S. The molecule has 88 valence electrons. The summed E-state index contributed by atoms with van der Waals surface area (Å²) in [6.45, 7) is 1.94. The van der Waals surface area contributed by atoms with Crippen LogP contribution in [0.4, 0.5) is 0 Å². The van der Waals surface area contributed by atoms with Crippen LogP contribution in [0.5, 0.6) is 0 Å². The highest BCUT2D eigenvalue weighted by Crippen LogP contribution is 2.27. The fourth-order valence-electron chi connectivity index (χ4n) is 1.81. The van der Waals surface area contributed by atoms with Crippen molar-refractivity contribution in [3.05, 3.63) is 0 Å². The molecule has 0 aromatic carbocycles. The van der Waals surface area contributed by atoms with E-state index in [1.54, 1.807) is 11.8 Å². The van der Waals surface area contributed by atoms with Gasteiger partial charge in [0, 0.05) is 11.8 Å². The molecule has 1 aliphatic heterocycles. The van der Waals surface area contributed by atoms with Gasteiger partial charge in [-0.1, -0.05) is 6.92 Å². The minimum atomic E-state index is -0.827. The van der Waals surface area contributed by atoms with Crippen LogP contribution >= 0.6 is 11.8 Å². The van der Waals surface area contributed by atoms with Crippen LogP contribution < -0.4 is 5.32 Å². The molecule has 0 saturated carbocycles. The summed E-state index contributed by atoms with van der Waals surface area (Å²) in [6.07, 6.45) is 2.33. The van der Waals surface area contributed by atoms with Crippen molar-refractivity contribution in [1.29, 1.82) is 0 Å². The summed E-state index contributed by atoms with van der Waals surface area (Å²) in [6, 6.07) is -0.111. The highest BCUT2D eigenvalue weighted by Gasteiger charge is 2.41. The van der Waals surface area contributed by atoms with E-state index in [9.17, 15) is 9.90 Å². The zero-order valence-corrected chi connectivity index (χ0v) is 9.85. The van der Waals surface area contributed by atoms with Gasteiger partial charge in [-0.3, -0.25) is 10.1 Å². The van der Waals surface area contributed by atoms with Gasteiger partial charge in [0.1, 0.15) is 5.54 Å². The van der Waals surface area contributed by atoms with Crippen LogP contribution in [0.15, 0.2) is 0 Å². The van der Waals surface area contributed by atoms with E-state index in [1.165, 1.54) is 0 Å². The Bertz CT molecular complexity index is 213. The Balaban J connectivity index is 2.67. The molecule has 0 aliphatic carbocycles. The second-order valence-electron chi connectivity index (χ2n) is 3.98. The minimum absolute atomic E-state index is 0.00377. The van der Waals surface area contributed by atoms with E-state index < -0.39 is 11.5 Å². The molecule has 2 unspecified atom stereocenters. The number of aliphatic carboxylic acids is 1. The first-order valence-corrected chi connectivity index (χ1v) is 6.50. The van der Waals surface area contributed by atoms with Crippen LogP contribution in [0.2, 0.25) is 0 Å². The molecule has 1 saturated heterocycles. The summed E-state index contributed by atoms with van der Waals surface area (Å²) >= 11 is 1.67. The summed E-state index contributed by atoms with van der Waals surface area (Å²) in [5.74, 6) is 0.840. The van der Waals surface area contributed by atoms with Gasteiger partial charge in [0.2, 0.25) is 0 Å². The third kappa shape index (κ3) is 3.09. The predicted molar refractivity (Wildman–Crippen MR) is 61.2 cm³/mol. The minimum Gasteiger partial charge on any atom is -0.480 e. The number of thioether (sulfide) groups is 1. The number of carboxylic acid groups (broad SMARTS) is 1. The second-order valence-corrected chi connectivity index (χ2v) is 5.08. The molecule has 3 N–H and O–H groups in total. The van der Waals surface area contributed by atoms with Gasteiger partial charge in [0.25, 0.3) is 0 Å². The Morgan fingerprint density at radius 1 is 1.67 bits per heavy atom. The standard InChI is InChI=1S/C10H19NO3S/c1-2-8(6-12)11-10(9(13)14)4-3-5-15-7-10/h8,11-12H,2-7H2,1H3,(H,13,14). The number of aliphatic hydroxyl groups is 1. The van der Waals surface area contributed by atoms with Crippen LogP contribution in [0.3, 0.4) is 0 Å². The van der Waals surface area contributed by atoms with Crippen molar-refractivity contribution in [2.45, 2.75) is 37.8 Å². The van der Waals surface area contributed by atoms with Gasteiger partial charge in [-0.15, -0.1) is 0 Å². The first-order valence-electron chi connectivity index (χ1n) is 5.34. The SMILES string of the molecule is CCC(CO)NC1(C(=O)O)CCCSC1. The van der Waals surface area contributed by atoms with Gasteiger partial charge in [-0.25, -0.2) is 0 Å². The summed E-state index contributed by atoms with van der Waals surface area (Å²) in [7, 11) is 0. The van der Waals surface area contributed by atoms with Crippen molar-refractivity contribution in [3.8, 4) is 0 Å². The first-order chi connectivity index (χ1) is 7.14. The third-order valence-electron chi connectivity index (χ3n) is 2.84. The molecular weight excluding hydrogens is 214 g/mol. The van der Waals surface area contributed by atoms with Gasteiger partial charge < -0.3 is 10.2 Å². The van der Waals surface area contributed by atoms with Gasteiger partial charge in [-0.2, -0.15) is 11.8 Å². The molecule has 1 aliphatic rings. The van der Waals surface area contributed by atoms with Gasteiger partial charge in [-0.05, 0) is 25.0 Å². The number of hydrogen-bond acceptors (Lipinski definition) is 4. The fourth-order valence-corrected chi connectivity index (χ4v) is 3.00. The monoisotopic (exact) mass is 233 g/mol. The van der Waals surface area contributed by atoms with Crippen LogP contribution in [0.25, 0.3) is 0 Å². The van der Waals surface area contributed by atoms with Gasteiger partial charge in [0.05, 0.1) is 6.61 Å².